The minimum absolute atomic E-state index is 0.00229. The van der Waals surface area contributed by atoms with Gasteiger partial charge >= 0.3 is 5.97 Å². The Morgan fingerprint density at radius 2 is 1.81 bits per heavy atom. The van der Waals surface area contributed by atoms with Crippen molar-refractivity contribution in [3.8, 4) is 0 Å². The van der Waals surface area contributed by atoms with Crippen LogP contribution in [0.4, 0.5) is 0 Å². The topological polar surface area (TPSA) is 57.6 Å². The van der Waals surface area contributed by atoms with Crippen LogP contribution in [0.3, 0.4) is 0 Å². The highest BCUT2D eigenvalue weighted by molar-refractivity contribution is 5.86. The van der Waals surface area contributed by atoms with E-state index >= 15 is 0 Å². The second-order valence-electron chi connectivity index (χ2n) is 6.77. The third-order valence-electron chi connectivity index (χ3n) is 5.53. The van der Waals surface area contributed by atoms with Crippen molar-refractivity contribution in [2.45, 2.75) is 69.9 Å². The van der Waals surface area contributed by atoms with Gasteiger partial charge in [-0.1, -0.05) is 25.0 Å². The second kappa shape index (κ2) is 6.20. The number of rotatable bonds is 2. The maximum absolute atomic E-state index is 13.0. The summed E-state index contributed by atoms with van der Waals surface area (Å²) in [6.07, 6.45) is 12.9. The van der Waals surface area contributed by atoms with E-state index in [4.69, 9.17) is 0 Å². The standard InChI is InChI=1S/C17H25NO3/c19-16(13-7-2-1-3-8-13)18-14-9-5-4-6-12(14)10-11-15(18)17(20)21/h1-2,12-15H,3-11H2,(H,20,21). The number of carboxylic acid groups (broad SMARTS) is 1. The molecule has 0 radical (unpaired) electrons. The van der Waals surface area contributed by atoms with E-state index in [1.54, 1.807) is 4.90 Å². The minimum Gasteiger partial charge on any atom is -0.480 e. The van der Waals surface area contributed by atoms with E-state index in [0.717, 1.165) is 44.9 Å². The third kappa shape index (κ3) is 2.85. The van der Waals surface area contributed by atoms with Gasteiger partial charge in [-0.05, 0) is 50.9 Å². The average molecular weight is 291 g/mol. The highest BCUT2D eigenvalue weighted by Gasteiger charge is 2.45. The first kappa shape index (κ1) is 14.6. The molecule has 3 rings (SSSR count). The van der Waals surface area contributed by atoms with Gasteiger partial charge in [0.1, 0.15) is 6.04 Å². The number of nitrogens with zero attached hydrogens (tertiary/aromatic N) is 1. The van der Waals surface area contributed by atoms with E-state index in [9.17, 15) is 14.7 Å². The van der Waals surface area contributed by atoms with Crippen LogP contribution in [-0.4, -0.2) is 34.0 Å². The number of hydrogen-bond donors (Lipinski definition) is 1. The minimum atomic E-state index is -0.821. The Morgan fingerprint density at radius 3 is 2.52 bits per heavy atom. The van der Waals surface area contributed by atoms with Gasteiger partial charge in [0, 0.05) is 12.0 Å². The van der Waals surface area contributed by atoms with Gasteiger partial charge in [0.15, 0.2) is 0 Å². The van der Waals surface area contributed by atoms with E-state index in [1.165, 1.54) is 6.42 Å². The molecule has 1 saturated carbocycles. The van der Waals surface area contributed by atoms with E-state index in [-0.39, 0.29) is 17.9 Å². The molecule has 0 bridgehead atoms. The summed E-state index contributed by atoms with van der Waals surface area (Å²) >= 11 is 0. The number of fused-ring (bicyclic) bond motifs is 1. The highest BCUT2D eigenvalue weighted by atomic mass is 16.4. The van der Waals surface area contributed by atoms with Crippen molar-refractivity contribution in [2.24, 2.45) is 11.8 Å². The number of carboxylic acids is 1. The molecular weight excluding hydrogens is 266 g/mol. The highest BCUT2D eigenvalue weighted by Crippen LogP contribution is 2.39. The zero-order valence-electron chi connectivity index (χ0n) is 12.5. The zero-order chi connectivity index (χ0) is 14.8. The van der Waals surface area contributed by atoms with Crippen LogP contribution in [0.1, 0.15) is 57.8 Å². The number of piperidine rings is 1. The van der Waals surface area contributed by atoms with E-state index < -0.39 is 12.0 Å². The molecule has 1 amide bonds. The summed E-state index contributed by atoms with van der Waals surface area (Å²) in [6.45, 7) is 0. The lowest BCUT2D eigenvalue weighted by molar-refractivity contribution is -0.160. The fourth-order valence-electron chi connectivity index (χ4n) is 4.42. The predicted molar refractivity (Wildman–Crippen MR) is 79.7 cm³/mol. The lowest BCUT2D eigenvalue weighted by atomic mass is 9.75. The van der Waals surface area contributed by atoms with Gasteiger partial charge in [-0.15, -0.1) is 0 Å². The van der Waals surface area contributed by atoms with Gasteiger partial charge in [0.25, 0.3) is 0 Å². The van der Waals surface area contributed by atoms with E-state index in [1.807, 2.05) is 0 Å². The third-order valence-corrected chi connectivity index (χ3v) is 5.53. The monoisotopic (exact) mass is 291 g/mol. The van der Waals surface area contributed by atoms with Crippen LogP contribution in [0.2, 0.25) is 0 Å². The largest absolute Gasteiger partial charge is 0.480 e. The van der Waals surface area contributed by atoms with Crippen LogP contribution in [0, 0.1) is 11.8 Å². The second-order valence-corrected chi connectivity index (χ2v) is 6.77. The first-order valence-corrected chi connectivity index (χ1v) is 8.38. The molecule has 1 N–H and O–H groups in total. The summed E-state index contributed by atoms with van der Waals surface area (Å²) in [6, 6.07) is -0.422. The molecule has 2 fully saturated rings. The number of likely N-dealkylation sites (tertiary alicyclic amines) is 1. The van der Waals surface area contributed by atoms with Gasteiger partial charge in [-0.25, -0.2) is 4.79 Å². The molecule has 1 heterocycles. The Labute approximate surface area is 126 Å². The average Bonchev–Trinajstić information content (AvgIpc) is 2.53. The first-order valence-electron chi connectivity index (χ1n) is 8.38. The molecule has 116 valence electrons. The molecule has 21 heavy (non-hydrogen) atoms. The SMILES string of the molecule is O=C(O)C1CCC2CCCCC2N1C(=O)C1CC=CCC1. The Balaban J connectivity index is 1.83. The summed E-state index contributed by atoms with van der Waals surface area (Å²) in [5.41, 5.74) is 0. The van der Waals surface area contributed by atoms with Gasteiger partial charge in [-0.3, -0.25) is 4.79 Å². The first-order chi connectivity index (χ1) is 10.2. The molecule has 0 aromatic carbocycles. The lowest BCUT2D eigenvalue weighted by Crippen LogP contribution is -2.58. The molecule has 0 aromatic heterocycles. The Morgan fingerprint density at radius 1 is 1.00 bits per heavy atom. The molecule has 1 saturated heterocycles. The normalized spacial score (nSPS) is 36.1. The van der Waals surface area contributed by atoms with Crippen LogP contribution in [-0.2, 0) is 9.59 Å². The predicted octanol–water partition coefficient (Wildman–Crippen LogP) is 2.98. The maximum Gasteiger partial charge on any atom is 0.326 e. The number of aliphatic carboxylic acids is 1. The van der Waals surface area contributed by atoms with Crippen molar-refractivity contribution < 1.29 is 14.7 Å². The molecule has 2 aliphatic carbocycles. The summed E-state index contributed by atoms with van der Waals surface area (Å²) in [5, 5.41) is 9.54. The van der Waals surface area contributed by atoms with E-state index in [0.29, 0.717) is 12.3 Å². The van der Waals surface area contributed by atoms with Crippen molar-refractivity contribution in [1.82, 2.24) is 4.90 Å². The quantitative estimate of drug-likeness (QED) is 0.796. The van der Waals surface area contributed by atoms with E-state index in [2.05, 4.69) is 12.2 Å². The van der Waals surface area contributed by atoms with Crippen LogP contribution >= 0.6 is 0 Å². The number of allylic oxidation sites excluding steroid dienone is 2. The number of carbonyl (C=O) groups excluding carboxylic acids is 1. The van der Waals surface area contributed by atoms with Crippen molar-refractivity contribution >= 4 is 11.9 Å². The summed E-state index contributed by atoms with van der Waals surface area (Å²) in [4.78, 5) is 26.4. The van der Waals surface area contributed by atoms with Crippen LogP contribution in [0.5, 0.6) is 0 Å². The van der Waals surface area contributed by atoms with Crippen molar-refractivity contribution in [2.75, 3.05) is 0 Å². The Kier molecular flexibility index (Phi) is 4.32. The van der Waals surface area contributed by atoms with Gasteiger partial charge in [0.2, 0.25) is 5.91 Å². The summed E-state index contributed by atoms with van der Waals surface area (Å²) < 4.78 is 0. The fourth-order valence-corrected chi connectivity index (χ4v) is 4.42. The van der Waals surface area contributed by atoms with Gasteiger partial charge < -0.3 is 10.0 Å². The molecular formula is C17H25NO3. The Bertz CT molecular complexity index is 445. The van der Waals surface area contributed by atoms with Crippen LogP contribution in [0.15, 0.2) is 12.2 Å². The molecule has 4 atom stereocenters. The van der Waals surface area contributed by atoms with Gasteiger partial charge in [-0.2, -0.15) is 0 Å². The van der Waals surface area contributed by atoms with Gasteiger partial charge in [0.05, 0.1) is 0 Å². The van der Waals surface area contributed by atoms with Crippen LogP contribution in [0.25, 0.3) is 0 Å². The fraction of sp³-hybridized carbons (Fsp3) is 0.765. The molecule has 3 aliphatic rings. The lowest BCUT2D eigenvalue weighted by Gasteiger charge is -2.48. The summed E-state index contributed by atoms with van der Waals surface area (Å²) in [5.74, 6) is -0.197. The number of amides is 1. The number of carbonyl (C=O) groups is 2. The zero-order valence-corrected chi connectivity index (χ0v) is 12.5. The smallest absolute Gasteiger partial charge is 0.326 e. The Hall–Kier alpha value is -1.32. The molecule has 4 heteroatoms. The van der Waals surface area contributed by atoms with Crippen molar-refractivity contribution in [3.05, 3.63) is 12.2 Å². The molecule has 0 aromatic rings. The summed E-state index contributed by atoms with van der Waals surface area (Å²) in [7, 11) is 0. The molecule has 1 aliphatic heterocycles. The number of hydrogen-bond acceptors (Lipinski definition) is 2. The van der Waals surface area contributed by atoms with Crippen LogP contribution < -0.4 is 0 Å². The van der Waals surface area contributed by atoms with Crippen molar-refractivity contribution in [3.63, 3.8) is 0 Å². The molecule has 0 spiro atoms. The maximum atomic E-state index is 13.0. The van der Waals surface area contributed by atoms with Crippen molar-refractivity contribution in [1.29, 1.82) is 0 Å². The molecule has 4 unspecified atom stereocenters. The molecule has 4 nitrogen and oxygen atoms in total.